The van der Waals surface area contributed by atoms with E-state index in [9.17, 15) is 19.8 Å². The van der Waals surface area contributed by atoms with Crippen molar-refractivity contribution in [2.75, 3.05) is 6.61 Å². The highest BCUT2D eigenvalue weighted by molar-refractivity contribution is 5.77. The van der Waals surface area contributed by atoms with Crippen molar-refractivity contribution in [3.05, 3.63) is 72.9 Å². The summed E-state index contributed by atoms with van der Waals surface area (Å²) in [5.74, 6) is -0.523. The number of carbonyl (C=O) groups excluding carboxylic acids is 2. The maximum atomic E-state index is 13.2. The second-order valence-corrected chi connectivity index (χ2v) is 17.3. The molecular formula is C55H97NO5. The first kappa shape index (κ1) is 58.3. The standard InChI is InChI=1S/C55H97NO5/c1-4-7-10-13-16-19-21-23-25-27-29-31-33-36-39-42-45-48-55(60)61-51(46-43-40-37-35-32-30-28-26-24-22-20-17-14-11-8-5-2)49-54(59)56-52(50-57)53(58)47-44-41-38-34-18-15-12-9-6-3/h11,14,17,20,22-26,28,30,32,51-53,57-58H,4-10,12-13,15-16,18-19,21,27,29,31,33-50H2,1-3H3,(H,56,59)/b14-11+,20-17+,24-22+,25-23+,28-26+,32-30+. The smallest absolute Gasteiger partial charge is 0.306 e. The van der Waals surface area contributed by atoms with Crippen LogP contribution in [0.3, 0.4) is 0 Å². The van der Waals surface area contributed by atoms with Crippen molar-refractivity contribution in [1.82, 2.24) is 5.32 Å². The van der Waals surface area contributed by atoms with E-state index in [-0.39, 0.29) is 24.9 Å². The van der Waals surface area contributed by atoms with Gasteiger partial charge in [-0.2, -0.15) is 0 Å². The van der Waals surface area contributed by atoms with Gasteiger partial charge >= 0.3 is 5.97 Å². The highest BCUT2D eigenvalue weighted by Gasteiger charge is 2.24. The fraction of sp³-hybridized carbons (Fsp3) is 0.745. The minimum atomic E-state index is -0.801. The quantitative estimate of drug-likeness (QED) is 0.0245. The molecule has 0 heterocycles. The average molecular weight is 852 g/mol. The van der Waals surface area contributed by atoms with Crippen LogP contribution in [0.5, 0.6) is 0 Å². The molecule has 0 aliphatic carbocycles. The van der Waals surface area contributed by atoms with Gasteiger partial charge in [-0.1, -0.05) is 229 Å². The van der Waals surface area contributed by atoms with E-state index in [0.29, 0.717) is 19.3 Å². The summed E-state index contributed by atoms with van der Waals surface area (Å²) in [7, 11) is 0. The largest absolute Gasteiger partial charge is 0.462 e. The van der Waals surface area contributed by atoms with Crippen LogP contribution in [0.2, 0.25) is 0 Å². The number of aliphatic hydroxyl groups excluding tert-OH is 2. The van der Waals surface area contributed by atoms with Crippen LogP contribution < -0.4 is 5.32 Å². The molecule has 3 N–H and O–H groups in total. The number of hydrogen-bond donors (Lipinski definition) is 3. The zero-order chi connectivity index (χ0) is 44.5. The van der Waals surface area contributed by atoms with Crippen LogP contribution in [0, 0.1) is 0 Å². The molecule has 0 aromatic rings. The predicted molar refractivity (Wildman–Crippen MR) is 264 cm³/mol. The van der Waals surface area contributed by atoms with E-state index in [4.69, 9.17) is 4.74 Å². The van der Waals surface area contributed by atoms with Crippen LogP contribution >= 0.6 is 0 Å². The number of aliphatic hydroxyl groups is 2. The average Bonchev–Trinajstić information content (AvgIpc) is 3.25. The molecule has 0 aliphatic rings. The van der Waals surface area contributed by atoms with Crippen LogP contribution in [-0.2, 0) is 14.3 Å². The third-order valence-corrected chi connectivity index (χ3v) is 11.4. The van der Waals surface area contributed by atoms with Gasteiger partial charge in [-0.3, -0.25) is 9.59 Å². The van der Waals surface area contributed by atoms with Crippen molar-refractivity contribution in [3.8, 4) is 0 Å². The Bertz CT molecular complexity index is 1140. The molecular weight excluding hydrogens is 755 g/mol. The molecule has 0 fully saturated rings. The normalized spacial score (nSPS) is 13.9. The fourth-order valence-corrected chi connectivity index (χ4v) is 7.45. The van der Waals surface area contributed by atoms with E-state index in [0.717, 1.165) is 70.6 Å². The van der Waals surface area contributed by atoms with Gasteiger partial charge in [0.1, 0.15) is 6.10 Å². The molecule has 3 unspecified atom stereocenters. The molecule has 6 heteroatoms. The molecule has 0 aliphatic heterocycles. The molecule has 0 radical (unpaired) electrons. The molecule has 0 saturated heterocycles. The Labute approximate surface area is 377 Å². The number of hydrogen-bond acceptors (Lipinski definition) is 5. The van der Waals surface area contributed by atoms with Gasteiger partial charge in [0.25, 0.3) is 0 Å². The molecule has 0 bridgehead atoms. The van der Waals surface area contributed by atoms with Crippen LogP contribution in [0.4, 0.5) is 0 Å². The van der Waals surface area contributed by atoms with Crippen molar-refractivity contribution in [2.24, 2.45) is 0 Å². The van der Waals surface area contributed by atoms with Crippen molar-refractivity contribution >= 4 is 11.9 Å². The zero-order valence-corrected chi connectivity index (χ0v) is 40.0. The molecule has 0 rings (SSSR count). The Morgan fingerprint density at radius 1 is 0.475 bits per heavy atom. The van der Waals surface area contributed by atoms with Crippen molar-refractivity contribution in [1.29, 1.82) is 0 Å². The van der Waals surface area contributed by atoms with Gasteiger partial charge in [-0.25, -0.2) is 0 Å². The second kappa shape index (κ2) is 48.3. The van der Waals surface area contributed by atoms with Gasteiger partial charge in [0.15, 0.2) is 0 Å². The molecule has 1 amide bonds. The van der Waals surface area contributed by atoms with Crippen LogP contribution in [0.1, 0.15) is 239 Å². The Kier molecular flexibility index (Phi) is 46.2. The summed E-state index contributed by atoms with van der Waals surface area (Å²) in [6, 6.07) is -0.718. The van der Waals surface area contributed by atoms with E-state index in [2.05, 4.69) is 62.5 Å². The Morgan fingerprint density at radius 2 is 0.885 bits per heavy atom. The van der Waals surface area contributed by atoms with Gasteiger partial charge in [-0.05, 0) is 70.6 Å². The monoisotopic (exact) mass is 852 g/mol. The minimum absolute atomic E-state index is 0.0453. The molecule has 352 valence electrons. The lowest BCUT2D eigenvalue weighted by atomic mass is 10.0. The number of allylic oxidation sites excluding steroid dienone is 12. The van der Waals surface area contributed by atoms with Crippen LogP contribution in [0.25, 0.3) is 0 Å². The predicted octanol–water partition coefficient (Wildman–Crippen LogP) is 15.4. The summed E-state index contributed by atoms with van der Waals surface area (Å²) in [4.78, 5) is 26.1. The first-order valence-corrected chi connectivity index (χ1v) is 25.7. The molecule has 0 saturated carbocycles. The van der Waals surface area contributed by atoms with E-state index in [1.54, 1.807) is 0 Å². The number of ether oxygens (including phenoxy) is 1. The first-order valence-electron chi connectivity index (χ1n) is 25.7. The molecule has 61 heavy (non-hydrogen) atoms. The number of unbranched alkanes of at least 4 members (excludes halogenated alkanes) is 25. The lowest BCUT2D eigenvalue weighted by Crippen LogP contribution is -2.46. The van der Waals surface area contributed by atoms with Gasteiger partial charge in [0.05, 0.1) is 25.2 Å². The van der Waals surface area contributed by atoms with Gasteiger partial charge in [0.2, 0.25) is 5.91 Å². The van der Waals surface area contributed by atoms with Crippen molar-refractivity contribution < 1.29 is 24.5 Å². The second-order valence-electron chi connectivity index (χ2n) is 17.3. The van der Waals surface area contributed by atoms with E-state index in [1.165, 1.54) is 122 Å². The third kappa shape index (κ3) is 43.7. The Hall–Kier alpha value is -2.70. The lowest BCUT2D eigenvalue weighted by Gasteiger charge is -2.24. The highest BCUT2D eigenvalue weighted by atomic mass is 16.5. The van der Waals surface area contributed by atoms with E-state index in [1.807, 2.05) is 36.5 Å². The minimum Gasteiger partial charge on any atom is -0.462 e. The van der Waals surface area contributed by atoms with Gasteiger partial charge in [0, 0.05) is 6.42 Å². The highest BCUT2D eigenvalue weighted by Crippen LogP contribution is 2.17. The van der Waals surface area contributed by atoms with Crippen molar-refractivity contribution in [2.45, 2.75) is 257 Å². The van der Waals surface area contributed by atoms with Gasteiger partial charge in [-0.15, -0.1) is 0 Å². The maximum Gasteiger partial charge on any atom is 0.306 e. The molecule has 3 atom stereocenters. The number of esters is 1. The summed E-state index contributed by atoms with van der Waals surface area (Å²) in [6.45, 7) is 6.36. The molecule has 0 aromatic carbocycles. The first-order chi connectivity index (χ1) is 30.0. The topological polar surface area (TPSA) is 95.9 Å². The summed E-state index contributed by atoms with van der Waals surface area (Å²) in [5.41, 5.74) is 0. The summed E-state index contributed by atoms with van der Waals surface area (Å²) in [5, 5.41) is 23.7. The number of nitrogens with one attached hydrogen (secondary N) is 1. The number of amides is 1. The van der Waals surface area contributed by atoms with Crippen LogP contribution in [0.15, 0.2) is 72.9 Å². The van der Waals surface area contributed by atoms with Crippen molar-refractivity contribution in [3.63, 3.8) is 0 Å². The summed E-state index contributed by atoms with van der Waals surface area (Å²) < 4.78 is 5.91. The van der Waals surface area contributed by atoms with Gasteiger partial charge < -0.3 is 20.3 Å². The lowest BCUT2D eigenvalue weighted by molar-refractivity contribution is -0.151. The SMILES string of the molecule is CCC/C=C/C=C/C=C/C=C/C=C/CCCCCC(CC(=O)NC(CO)C(O)CCCCCCCCCCC)OC(=O)CCCCCCCCC/C=C/CCCCCCCC. The van der Waals surface area contributed by atoms with E-state index >= 15 is 0 Å². The summed E-state index contributed by atoms with van der Waals surface area (Å²) in [6.07, 6.45) is 61.0. The maximum absolute atomic E-state index is 13.2. The summed E-state index contributed by atoms with van der Waals surface area (Å²) >= 11 is 0. The molecule has 0 spiro atoms. The van der Waals surface area contributed by atoms with E-state index < -0.39 is 18.2 Å². The third-order valence-electron chi connectivity index (χ3n) is 11.4. The fourth-order valence-electron chi connectivity index (χ4n) is 7.45. The zero-order valence-electron chi connectivity index (χ0n) is 40.0. The molecule has 0 aromatic heterocycles. The van der Waals surface area contributed by atoms with Crippen LogP contribution in [-0.4, -0.2) is 46.9 Å². The number of carbonyl (C=O) groups is 2. The Morgan fingerprint density at radius 3 is 1.39 bits per heavy atom. The Balaban J connectivity index is 4.67. The molecule has 6 nitrogen and oxygen atoms in total. The number of rotatable bonds is 45.